The Morgan fingerprint density at radius 1 is 1.21 bits per heavy atom. The van der Waals surface area contributed by atoms with E-state index in [-0.39, 0.29) is 12.5 Å². The van der Waals surface area contributed by atoms with Crippen molar-refractivity contribution in [2.75, 3.05) is 19.7 Å². The number of aryl methyl sites for hydroxylation is 1. The van der Waals surface area contributed by atoms with Crippen molar-refractivity contribution in [3.63, 3.8) is 0 Å². The van der Waals surface area contributed by atoms with Gasteiger partial charge >= 0.3 is 5.97 Å². The lowest BCUT2D eigenvalue weighted by Gasteiger charge is -2.22. The summed E-state index contributed by atoms with van der Waals surface area (Å²) in [7, 11) is 0. The smallest absolute Gasteiger partial charge is 0.303 e. The predicted octanol–water partition coefficient (Wildman–Crippen LogP) is 6.20. The highest BCUT2D eigenvalue weighted by molar-refractivity contribution is 6.43. The minimum absolute atomic E-state index is 0.0482. The maximum absolute atomic E-state index is 10.7. The van der Waals surface area contributed by atoms with E-state index in [0.29, 0.717) is 28.8 Å². The molecular weight excluding hydrogens is 475 g/mol. The fourth-order valence-electron chi connectivity index (χ4n) is 3.96. The number of carboxylic acids is 1. The second kappa shape index (κ2) is 13.0. The Morgan fingerprint density at radius 3 is 2.65 bits per heavy atom. The number of benzene rings is 2. The van der Waals surface area contributed by atoms with E-state index in [9.17, 15) is 4.79 Å². The zero-order valence-corrected chi connectivity index (χ0v) is 21.2. The van der Waals surface area contributed by atoms with Gasteiger partial charge in [-0.2, -0.15) is 0 Å². The van der Waals surface area contributed by atoms with E-state index in [4.69, 9.17) is 37.9 Å². The highest BCUT2D eigenvalue weighted by Crippen LogP contribution is 2.34. The summed E-state index contributed by atoms with van der Waals surface area (Å²) in [4.78, 5) is 18.7. The third kappa shape index (κ3) is 7.62. The van der Waals surface area contributed by atoms with Crippen LogP contribution in [0.3, 0.4) is 0 Å². The van der Waals surface area contributed by atoms with Crippen molar-refractivity contribution in [2.45, 2.75) is 58.6 Å². The lowest BCUT2D eigenvalue weighted by Crippen LogP contribution is -2.27. The molecule has 0 saturated heterocycles. The zero-order valence-electron chi connectivity index (χ0n) is 19.7. The number of oxime groups is 1. The summed E-state index contributed by atoms with van der Waals surface area (Å²) >= 11 is 12.5. The van der Waals surface area contributed by atoms with Crippen molar-refractivity contribution >= 4 is 34.9 Å². The fourth-order valence-corrected chi connectivity index (χ4v) is 4.36. The Hall–Kier alpha value is -2.28. The SMILES string of the molecule is CCOc1cc(CN(CC)CCC2CC(c3ccc(CCCC(=O)O)cc3)=NO2)cc(Cl)c1Cl. The Kier molecular flexibility index (Phi) is 10.1. The summed E-state index contributed by atoms with van der Waals surface area (Å²) < 4.78 is 5.61. The van der Waals surface area contributed by atoms with Crippen LogP contribution in [0.25, 0.3) is 0 Å². The molecule has 6 nitrogen and oxygen atoms in total. The van der Waals surface area contributed by atoms with E-state index in [2.05, 4.69) is 17.0 Å². The van der Waals surface area contributed by atoms with Crippen LogP contribution in [0, 0.1) is 0 Å². The molecule has 0 spiro atoms. The first kappa shape index (κ1) is 26.3. The van der Waals surface area contributed by atoms with Gasteiger partial charge in [0.2, 0.25) is 0 Å². The first-order chi connectivity index (χ1) is 16.4. The van der Waals surface area contributed by atoms with E-state index in [0.717, 1.165) is 61.3 Å². The Bertz CT molecular complexity index is 995. The number of nitrogens with zero attached hydrogens (tertiary/aromatic N) is 2. The van der Waals surface area contributed by atoms with Crippen molar-refractivity contribution < 1.29 is 19.5 Å². The number of ether oxygens (including phenoxy) is 1. The van der Waals surface area contributed by atoms with E-state index in [1.807, 2.05) is 43.3 Å². The fraction of sp³-hybridized carbons (Fsp3) is 0.462. The highest BCUT2D eigenvalue weighted by Gasteiger charge is 2.23. The Balaban J connectivity index is 1.49. The maximum atomic E-state index is 10.7. The third-order valence-electron chi connectivity index (χ3n) is 5.85. The Morgan fingerprint density at radius 2 is 1.97 bits per heavy atom. The van der Waals surface area contributed by atoms with Gasteiger partial charge in [-0.3, -0.25) is 9.69 Å². The molecule has 2 aromatic rings. The molecule has 1 unspecified atom stereocenters. The molecule has 0 fully saturated rings. The molecule has 3 rings (SSSR count). The number of rotatable bonds is 13. The van der Waals surface area contributed by atoms with Crippen LogP contribution in [-0.4, -0.2) is 47.5 Å². The number of hydrogen-bond donors (Lipinski definition) is 1. The molecule has 8 heteroatoms. The van der Waals surface area contributed by atoms with Crippen LogP contribution >= 0.6 is 23.2 Å². The van der Waals surface area contributed by atoms with E-state index >= 15 is 0 Å². The summed E-state index contributed by atoms with van der Waals surface area (Å²) in [5.74, 6) is -0.137. The molecule has 1 N–H and O–H groups in total. The van der Waals surface area contributed by atoms with Crippen molar-refractivity contribution in [1.29, 1.82) is 0 Å². The topological polar surface area (TPSA) is 71.4 Å². The van der Waals surface area contributed by atoms with Crippen LogP contribution in [0.4, 0.5) is 0 Å². The second-order valence-electron chi connectivity index (χ2n) is 8.39. The lowest BCUT2D eigenvalue weighted by molar-refractivity contribution is -0.137. The van der Waals surface area contributed by atoms with Gasteiger partial charge in [0, 0.05) is 32.4 Å². The average Bonchev–Trinajstić information content (AvgIpc) is 3.29. The van der Waals surface area contributed by atoms with Crippen molar-refractivity contribution in [3.8, 4) is 5.75 Å². The standard InChI is InChI=1S/C26H32Cl2N2O4/c1-3-30(17-19-14-22(27)26(28)24(15-19)33-4-2)13-12-21-16-23(29-34-21)20-10-8-18(9-11-20)6-5-7-25(31)32/h8-11,14-15,21H,3-7,12-13,16-17H2,1-2H3,(H,31,32). The summed E-state index contributed by atoms with van der Waals surface area (Å²) in [6.07, 6.45) is 3.29. The molecule has 0 aliphatic carbocycles. The molecule has 1 aliphatic rings. The monoisotopic (exact) mass is 506 g/mol. The number of carboxylic acid groups (broad SMARTS) is 1. The van der Waals surface area contributed by atoms with Gasteiger partial charge in [-0.05, 0) is 55.1 Å². The molecule has 184 valence electrons. The molecule has 0 amide bonds. The predicted molar refractivity (Wildman–Crippen MR) is 136 cm³/mol. The van der Waals surface area contributed by atoms with Crippen LogP contribution in [0.15, 0.2) is 41.6 Å². The lowest BCUT2D eigenvalue weighted by atomic mass is 10.0. The molecule has 0 radical (unpaired) electrons. The summed E-state index contributed by atoms with van der Waals surface area (Å²) in [5.41, 5.74) is 4.20. The van der Waals surface area contributed by atoms with Crippen molar-refractivity contribution in [3.05, 3.63) is 63.1 Å². The molecule has 1 heterocycles. The van der Waals surface area contributed by atoms with Crippen LogP contribution in [0.1, 0.15) is 56.2 Å². The quantitative estimate of drug-likeness (QED) is 0.349. The van der Waals surface area contributed by atoms with E-state index < -0.39 is 5.97 Å². The molecule has 2 aromatic carbocycles. The number of halogens is 2. The summed E-state index contributed by atoms with van der Waals surface area (Å²) in [6, 6.07) is 12.0. The molecule has 1 aliphatic heterocycles. The molecule has 0 saturated carbocycles. The number of aliphatic carboxylic acids is 1. The zero-order chi connectivity index (χ0) is 24.5. The third-order valence-corrected chi connectivity index (χ3v) is 6.64. The molecule has 0 aromatic heterocycles. The average molecular weight is 507 g/mol. The Labute approximate surface area is 211 Å². The van der Waals surface area contributed by atoms with Gasteiger partial charge in [0.1, 0.15) is 16.9 Å². The second-order valence-corrected chi connectivity index (χ2v) is 9.18. The summed E-state index contributed by atoms with van der Waals surface area (Å²) in [6.45, 7) is 7.11. The molecule has 0 bridgehead atoms. The van der Waals surface area contributed by atoms with Gasteiger partial charge < -0.3 is 14.7 Å². The van der Waals surface area contributed by atoms with E-state index in [1.165, 1.54) is 0 Å². The number of hydrogen-bond acceptors (Lipinski definition) is 5. The van der Waals surface area contributed by atoms with E-state index in [1.54, 1.807) is 0 Å². The largest absolute Gasteiger partial charge is 0.492 e. The highest BCUT2D eigenvalue weighted by atomic mass is 35.5. The van der Waals surface area contributed by atoms with Crippen LogP contribution in [-0.2, 0) is 22.6 Å². The minimum Gasteiger partial charge on any atom is -0.492 e. The van der Waals surface area contributed by atoms with Crippen LogP contribution < -0.4 is 4.74 Å². The van der Waals surface area contributed by atoms with Gasteiger partial charge in [0.25, 0.3) is 0 Å². The molecule has 1 atom stereocenters. The van der Waals surface area contributed by atoms with Gasteiger partial charge in [-0.15, -0.1) is 0 Å². The summed E-state index contributed by atoms with van der Waals surface area (Å²) in [5, 5.41) is 14.0. The normalized spacial score (nSPS) is 15.3. The van der Waals surface area contributed by atoms with Gasteiger partial charge in [-0.25, -0.2) is 0 Å². The van der Waals surface area contributed by atoms with Crippen molar-refractivity contribution in [1.82, 2.24) is 4.90 Å². The first-order valence-corrected chi connectivity index (χ1v) is 12.5. The van der Waals surface area contributed by atoms with Gasteiger partial charge in [-0.1, -0.05) is 59.5 Å². The van der Waals surface area contributed by atoms with Crippen LogP contribution in [0.5, 0.6) is 5.75 Å². The van der Waals surface area contributed by atoms with Gasteiger partial charge in [0.15, 0.2) is 0 Å². The molecular formula is C26H32Cl2N2O4. The van der Waals surface area contributed by atoms with Gasteiger partial charge in [0.05, 0.1) is 17.3 Å². The molecule has 34 heavy (non-hydrogen) atoms. The first-order valence-electron chi connectivity index (χ1n) is 11.8. The van der Waals surface area contributed by atoms with Crippen molar-refractivity contribution in [2.24, 2.45) is 5.16 Å². The maximum Gasteiger partial charge on any atom is 0.303 e. The van der Waals surface area contributed by atoms with Crippen LogP contribution in [0.2, 0.25) is 10.0 Å². The number of carbonyl (C=O) groups is 1. The minimum atomic E-state index is -0.756.